The van der Waals surface area contributed by atoms with Gasteiger partial charge in [-0.2, -0.15) is 0 Å². The monoisotopic (exact) mass is 291 g/mol. The number of carbonyl (C=O) groups excluding carboxylic acids is 1. The normalized spacial score (nSPS) is 15.1. The van der Waals surface area contributed by atoms with Gasteiger partial charge < -0.3 is 15.5 Å². The summed E-state index contributed by atoms with van der Waals surface area (Å²) in [6, 6.07) is 7.46. The minimum absolute atomic E-state index is 0. The molecule has 1 aliphatic rings. The minimum atomic E-state index is -0.448. The van der Waals surface area contributed by atoms with Crippen molar-refractivity contribution in [2.45, 2.75) is 13.0 Å². The van der Waals surface area contributed by atoms with Gasteiger partial charge in [0.2, 0.25) is 5.91 Å². The average Bonchev–Trinajstić information content (AvgIpc) is 2.29. The highest BCUT2D eigenvalue weighted by molar-refractivity contribution is 6.00. The zero-order chi connectivity index (χ0) is 11.7. The predicted molar refractivity (Wildman–Crippen MR) is 80.2 cm³/mol. The Labute approximate surface area is 120 Å². The number of benzene rings is 1. The van der Waals surface area contributed by atoms with E-state index in [1.54, 1.807) is 11.8 Å². The number of halogens is 2. The zero-order valence-electron chi connectivity index (χ0n) is 10.5. The van der Waals surface area contributed by atoms with Crippen molar-refractivity contribution in [3.05, 3.63) is 24.3 Å². The number of nitrogens with zero attached hydrogens (tertiary/aromatic N) is 2. The Kier molecular flexibility index (Phi) is 6.46. The summed E-state index contributed by atoms with van der Waals surface area (Å²) in [4.78, 5) is 15.9. The quantitative estimate of drug-likeness (QED) is 0.856. The van der Waals surface area contributed by atoms with Gasteiger partial charge in [0, 0.05) is 20.1 Å². The number of anilines is 2. The highest BCUT2D eigenvalue weighted by Crippen LogP contribution is 2.31. The van der Waals surface area contributed by atoms with E-state index in [1.165, 1.54) is 0 Å². The van der Waals surface area contributed by atoms with Gasteiger partial charge >= 0.3 is 0 Å². The molecule has 102 valence electrons. The van der Waals surface area contributed by atoms with Crippen LogP contribution in [0, 0.1) is 0 Å². The molecule has 1 aliphatic heterocycles. The van der Waals surface area contributed by atoms with Crippen LogP contribution in [0.4, 0.5) is 11.4 Å². The highest BCUT2D eigenvalue weighted by Gasteiger charge is 2.26. The van der Waals surface area contributed by atoms with E-state index in [9.17, 15) is 4.79 Å². The van der Waals surface area contributed by atoms with Crippen LogP contribution < -0.4 is 15.5 Å². The van der Waals surface area contributed by atoms with E-state index in [0.29, 0.717) is 6.54 Å². The summed E-state index contributed by atoms with van der Waals surface area (Å²) in [5.41, 5.74) is 7.70. The van der Waals surface area contributed by atoms with Crippen LogP contribution >= 0.6 is 24.8 Å². The number of amides is 1. The fourth-order valence-corrected chi connectivity index (χ4v) is 1.98. The maximum atomic E-state index is 11.9. The number of rotatable bonds is 1. The number of hydrogen-bond donors (Lipinski definition) is 1. The number of fused-ring (bicyclic) bond motifs is 1. The van der Waals surface area contributed by atoms with Crippen LogP contribution in [-0.2, 0) is 4.79 Å². The minimum Gasteiger partial charge on any atom is -0.371 e. The van der Waals surface area contributed by atoms with Crippen molar-refractivity contribution < 1.29 is 4.79 Å². The molecule has 18 heavy (non-hydrogen) atoms. The van der Waals surface area contributed by atoms with Crippen molar-refractivity contribution in [1.29, 1.82) is 0 Å². The largest absolute Gasteiger partial charge is 0.371 e. The fourth-order valence-electron chi connectivity index (χ4n) is 1.98. The maximum Gasteiger partial charge on any atom is 0.243 e. The van der Waals surface area contributed by atoms with E-state index in [0.717, 1.165) is 17.9 Å². The van der Waals surface area contributed by atoms with E-state index < -0.39 is 6.04 Å². The summed E-state index contributed by atoms with van der Waals surface area (Å²) in [5, 5.41) is 0. The number of likely N-dealkylation sites (N-methyl/N-ethyl adjacent to an activating group) is 1. The van der Waals surface area contributed by atoms with Gasteiger partial charge in [-0.3, -0.25) is 4.79 Å². The number of nitrogens with two attached hydrogens (primary N) is 1. The number of carbonyl (C=O) groups is 1. The van der Waals surface area contributed by atoms with E-state index in [-0.39, 0.29) is 30.7 Å². The summed E-state index contributed by atoms with van der Waals surface area (Å²) in [6.45, 7) is 3.27. The molecule has 1 amide bonds. The van der Waals surface area contributed by atoms with Gasteiger partial charge in [-0.25, -0.2) is 0 Å². The molecule has 2 rings (SSSR count). The van der Waals surface area contributed by atoms with Crippen molar-refractivity contribution in [2.75, 3.05) is 29.9 Å². The van der Waals surface area contributed by atoms with Crippen molar-refractivity contribution in [3.8, 4) is 0 Å². The molecule has 6 heteroatoms. The van der Waals surface area contributed by atoms with Gasteiger partial charge in [-0.15, -0.1) is 24.8 Å². The third-order valence-electron chi connectivity index (χ3n) is 2.90. The van der Waals surface area contributed by atoms with E-state index in [1.807, 2.05) is 31.3 Å². The summed E-state index contributed by atoms with van der Waals surface area (Å²) < 4.78 is 0. The number of hydrogen-bond acceptors (Lipinski definition) is 3. The molecule has 0 aliphatic carbocycles. The molecule has 1 aromatic rings. The fraction of sp³-hybridized carbons (Fsp3) is 0.417. The smallest absolute Gasteiger partial charge is 0.243 e. The van der Waals surface area contributed by atoms with E-state index in [4.69, 9.17) is 5.73 Å². The Bertz CT molecular complexity index is 412. The Morgan fingerprint density at radius 1 is 1.22 bits per heavy atom. The highest BCUT2D eigenvalue weighted by atomic mass is 35.5. The molecule has 0 saturated heterocycles. The summed E-state index contributed by atoms with van der Waals surface area (Å²) in [6.07, 6.45) is 0. The van der Waals surface area contributed by atoms with Gasteiger partial charge in [-0.1, -0.05) is 12.1 Å². The molecule has 0 spiro atoms. The van der Waals surface area contributed by atoms with Gasteiger partial charge in [0.1, 0.15) is 0 Å². The van der Waals surface area contributed by atoms with Gasteiger partial charge in [-0.05, 0) is 19.1 Å². The molecule has 4 nitrogen and oxygen atoms in total. The van der Waals surface area contributed by atoms with Gasteiger partial charge in [0.25, 0.3) is 0 Å². The van der Waals surface area contributed by atoms with E-state index >= 15 is 0 Å². The molecule has 1 heterocycles. The van der Waals surface area contributed by atoms with Crippen LogP contribution in [0.25, 0.3) is 0 Å². The van der Waals surface area contributed by atoms with Gasteiger partial charge in [0.15, 0.2) is 0 Å². The second-order valence-corrected chi connectivity index (χ2v) is 4.19. The van der Waals surface area contributed by atoms with Crippen molar-refractivity contribution >= 4 is 42.1 Å². The molecule has 1 atom stereocenters. The first kappa shape index (κ1) is 17.0. The molecule has 0 fully saturated rings. The maximum absolute atomic E-state index is 11.9. The predicted octanol–water partition coefficient (Wildman–Crippen LogP) is 1.66. The van der Waals surface area contributed by atoms with Crippen LogP contribution in [0.3, 0.4) is 0 Å². The molecule has 0 aromatic heterocycles. The topological polar surface area (TPSA) is 49.6 Å². The molecular weight excluding hydrogens is 273 g/mol. The Hall–Kier alpha value is -0.970. The Morgan fingerprint density at radius 2 is 1.78 bits per heavy atom. The third-order valence-corrected chi connectivity index (χ3v) is 2.90. The van der Waals surface area contributed by atoms with E-state index in [2.05, 4.69) is 4.90 Å². The summed E-state index contributed by atoms with van der Waals surface area (Å²) in [7, 11) is 2.03. The summed E-state index contributed by atoms with van der Waals surface area (Å²) >= 11 is 0. The molecular formula is C12H19Cl2N3O. The Morgan fingerprint density at radius 3 is 2.33 bits per heavy atom. The van der Waals surface area contributed by atoms with Crippen LogP contribution in [0.1, 0.15) is 6.92 Å². The lowest BCUT2D eigenvalue weighted by Crippen LogP contribution is -2.48. The SMILES string of the molecule is C[C@@H](N)C(=O)N1CCN(C)c2ccccc21.Cl.Cl. The van der Waals surface area contributed by atoms with Crippen LogP contribution in [0.5, 0.6) is 0 Å². The molecule has 2 N–H and O–H groups in total. The molecule has 0 unspecified atom stereocenters. The first-order valence-corrected chi connectivity index (χ1v) is 5.48. The number of para-hydroxylation sites is 2. The molecule has 0 bridgehead atoms. The Balaban J connectivity index is 0.00000144. The van der Waals surface area contributed by atoms with Crippen LogP contribution in [0.2, 0.25) is 0 Å². The zero-order valence-corrected chi connectivity index (χ0v) is 12.1. The second kappa shape index (κ2) is 6.83. The average molecular weight is 292 g/mol. The lowest BCUT2D eigenvalue weighted by Gasteiger charge is -2.36. The first-order chi connectivity index (χ1) is 7.61. The van der Waals surface area contributed by atoms with Crippen LogP contribution in [-0.4, -0.2) is 32.1 Å². The second-order valence-electron chi connectivity index (χ2n) is 4.19. The van der Waals surface area contributed by atoms with Crippen molar-refractivity contribution in [1.82, 2.24) is 0 Å². The standard InChI is InChI=1S/C12H17N3O.2ClH/c1-9(13)12(16)15-8-7-14(2)10-5-3-4-6-11(10)15;;/h3-6,9H,7-8,13H2,1-2H3;2*1H/t9-;;/m1../s1. The van der Waals surface area contributed by atoms with Crippen molar-refractivity contribution in [3.63, 3.8) is 0 Å². The van der Waals surface area contributed by atoms with Crippen LogP contribution in [0.15, 0.2) is 24.3 Å². The molecule has 1 aromatic carbocycles. The lowest BCUT2D eigenvalue weighted by atomic mass is 10.1. The first-order valence-electron chi connectivity index (χ1n) is 5.48. The molecule has 0 saturated carbocycles. The molecule has 0 radical (unpaired) electrons. The summed E-state index contributed by atoms with van der Waals surface area (Å²) in [5.74, 6) is -0.0134. The van der Waals surface area contributed by atoms with Crippen molar-refractivity contribution in [2.24, 2.45) is 5.73 Å². The van der Waals surface area contributed by atoms with Gasteiger partial charge in [0.05, 0.1) is 17.4 Å². The lowest BCUT2D eigenvalue weighted by molar-refractivity contribution is -0.119. The third kappa shape index (κ3) is 3.07.